The highest BCUT2D eigenvalue weighted by Crippen LogP contribution is 2.22. The zero-order valence-electron chi connectivity index (χ0n) is 12.3. The number of aliphatic hydroxyl groups is 1. The number of nitrogens with one attached hydrogen (secondary N) is 1. The zero-order valence-corrected chi connectivity index (χ0v) is 12.3. The minimum atomic E-state index is 0.233. The lowest BCUT2D eigenvalue weighted by Crippen LogP contribution is -2.37. The van der Waals surface area contributed by atoms with Crippen LogP contribution in [0.15, 0.2) is 18.2 Å². The summed E-state index contributed by atoms with van der Waals surface area (Å²) in [6, 6.07) is 7.46. The van der Waals surface area contributed by atoms with Gasteiger partial charge in [0.25, 0.3) is 0 Å². The molecule has 0 radical (unpaired) electrons. The maximum atomic E-state index is 9.40. The van der Waals surface area contributed by atoms with Crippen molar-refractivity contribution in [3.8, 4) is 0 Å². The van der Waals surface area contributed by atoms with Crippen molar-refractivity contribution in [2.24, 2.45) is 0 Å². The van der Waals surface area contributed by atoms with Gasteiger partial charge in [0.15, 0.2) is 0 Å². The number of aliphatic hydroxyl groups excluding tert-OH is 1. The van der Waals surface area contributed by atoms with Crippen molar-refractivity contribution < 1.29 is 5.11 Å². The quantitative estimate of drug-likeness (QED) is 0.791. The van der Waals surface area contributed by atoms with Crippen LogP contribution in [-0.4, -0.2) is 37.4 Å². The fourth-order valence-electron chi connectivity index (χ4n) is 2.51. The van der Waals surface area contributed by atoms with E-state index in [1.807, 2.05) is 0 Å². The first kappa shape index (κ1) is 14.4. The smallest absolute Gasteiger partial charge is 0.0585 e. The molecule has 0 aliphatic heterocycles. The van der Waals surface area contributed by atoms with E-state index < -0.39 is 0 Å². The first-order valence-electron chi connectivity index (χ1n) is 7.25. The number of rotatable bonds is 7. The van der Waals surface area contributed by atoms with Gasteiger partial charge in [0.2, 0.25) is 0 Å². The standard InChI is InChI=1S/C16H26N2O/c1-12-4-7-16(13(2)10-12)18(3)9-8-15(11-19)17-14-5-6-14/h4,7,10,14-15,17,19H,5-6,8-9,11H2,1-3H3. The predicted octanol–water partition coefficient (Wildman–Crippen LogP) is 2.24. The highest BCUT2D eigenvalue weighted by Gasteiger charge is 2.24. The van der Waals surface area contributed by atoms with E-state index in [-0.39, 0.29) is 12.6 Å². The van der Waals surface area contributed by atoms with Crippen molar-refractivity contribution in [1.29, 1.82) is 0 Å². The first-order valence-corrected chi connectivity index (χ1v) is 7.25. The van der Waals surface area contributed by atoms with E-state index in [0.29, 0.717) is 6.04 Å². The Balaban J connectivity index is 1.86. The van der Waals surface area contributed by atoms with Gasteiger partial charge in [-0.25, -0.2) is 0 Å². The fourth-order valence-corrected chi connectivity index (χ4v) is 2.51. The van der Waals surface area contributed by atoms with Crippen LogP contribution in [0.25, 0.3) is 0 Å². The van der Waals surface area contributed by atoms with Gasteiger partial charge in [-0.05, 0) is 44.7 Å². The van der Waals surface area contributed by atoms with Crippen molar-refractivity contribution in [3.05, 3.63) is 29.3 Å². The van der Waals surface area contributed by atoms with Gasteiger partial charge >= 0.3 is 0 Å². The van der Waals surface area contributed by atoms with Crippen molar-refractivity contribution in [3.63, 3.8) is 0 Å². The third kappa shape index (κ3) is 4.22. The predicted molar refractivity (Wildman–Crippen MR) is 80.8 cm³/mol. The Bertz CT molecular complexity index is 415. The molecule has 1 aliphatic rings. The van der Waals surface area contributed by atoms with E-state index in [0.717, 1.165) is 13.0 Å². The Kier molecular flexibility index (Phi) is 4.83. The van der Waals surface area contributed by atoms with E-state index >= 15 is 0 Å². The lowest BCUT2D eigenvalue weighted by molar-refractivity contribution is 0.235. The summed E-state index contributed by atoms with van der Waals surface area (Å²) in [7, 11) is 2.13. The molecule has 0 heterocycles. The second-order valence-corrected chi connectivity index (χ2v) is 5.82. The third-order valence-corrected chi connectivity index (χ3v) is 3.85. The molecule has 1 unspecified atom stereocenters. The van der Waals surface area contributed by atoms with Crippen LogP contribution in [0, 0.1) is 13.8 Å². The molecule has 2 rings (SSSR count). The Hall–Kier alpha value is -1.06. The summed E-state index contributed by atoms with van der Waals surface area (Å²) in [4.78, 5) is 2.28. The number of hydrogen-bond acceptors (Lipinski definition) is 3. The van der Waals surface area contributed by atoms with Crippen LogP contribution < -0.4 is 10.2 Å². The van der Waals surface area contributed by atoms with Gasteiger partial charge in [0.05, 0.1) is 6.61 Å². The number of nitrogens with zero attached hydrogens (tertiary/aromatic N) is 1. The molecular formula is C16H26N2O. The molecule has 0 aromatic heterocycles. The molecule has 1 aromatic rings. The molecule has 3 nitrogen and oxygen atoms in total. The van der Waals surface area contributed by atoms with Crippen LogP contribution in [0.4, 0.5) is 5.69 Å². The SMILES string of the molecule is Cc1ccc(N(C)CCC(CO)NC2CC2)c(C)c1. The zero-order chi connectivity index (χ0) is 13.8. The summed E-state index contributed by atoms with van der Waals surface area (Å²) >= 11 is 0. The summed E-state index contributed by atoms with van der Waals surface area (Å²) < 4.78 is 0. The Labute approximate surface area is 116 Å². The van der Waals surface area contributed by atoms with Gasteiger partial charge in [-0.1, -0.05) is 17.7 Å². The van der Waals surface area contributed by atoms with E-state index in [1.54, 1.807) is 0 Å². The van der Waals surface area contributed by atoms with E-state index in [4.69, 9.17) is 0 Å². The van der Waals surface area contributed by atoms with Gasteiger partial charge in [-0.2, -0.15) is 0 Å². The van der Waals surface area contributed by atoms with Crippen LogP contribution in [0.1, 0.15) is 30.4 Å². The molecule has 1 fully saturated rings. The lowest BCUT2D eigenvalue weighted by atomic mass is 10.1. The molecule has 3 heteroatoms. The molecule has 1 saturated carbocycles. The topological polar surface area (TPSA) is 35.5 Å². The second-order valence-electron chi connectivity index (χ2n) is 5.82. The molecule has 19 heavy (non-hydrogen) atoms. The number of benzene rings is 1. The summed E-state index contributed by atoms with van der Waals surface area (Å²) in [5, 5.41) is 12.9. The first-order chi connectivity index (χ1) is 9.10. The van der Waals surface area contributed by atoms with Crippen LogP contribution >= 0.6 is 0 Å². The molecule has 0 saturated heterocycles. The largest absolute Gasteiger partial charge is 0.395 e. The van der Waals surface area contributed by atoms with E-state index in [1.165, 1.54) is 29.7 Å². The average molecular weight is 262 g/mol. The number of aryl methyl sites for hydroxylation is 2. The lowest BCUT2D eigenvalue weighted by Gasteiger charge is -2.24. The number of anilines is 1. The molecule has 2 N–H and O–H groups in total. The maximum Gasteiger partial charge on any atom is 0.0585 e. The molecule has 106 valence electrons. The van der Waals surface area contributed by atoms with Crippen molar-refractivity contribution in [2.75, 3.05) is 25.1 Å². The van der Waals surface area contributed by atoms with Gasteiger partial charge < -0.3 is 15.3 Å². The maximum absolute atomic E-state index is 9.40. The third-order valence-electron chi connectivity index (χ3n) is 3.85. The fraction of sp³-hybridized carbons (Fsp3) is 0.625. The molecular weight excluding hydrogens is 236 g/mol. The highest BCUT2D eigenvalue weighted by molar-refractivity contribution is 5.53. The van der Waals surface area contributed by atoms with E-state index in [9.17, 15) is 5.11 Å². The summed E-state index contributed by atoms with van der Waals surface area (Å²) in [5.41, 5.74) is 3.91. The van der Waals surface area contributed by atoms with Crippen LogP contribution in [0.5, 0.6) is 0 Å². The van der Waals surface area contributed by atoms with Crippen molar-refractivity contribution in [2.45, 2.75) is 45.2 Å². The molecule has 1 aromatic carbocycles. The van der Waals surface area contributed by atoms with Crippen molar-refractivity contribution >= 4 is 5.69 Å². The van der Waals surface area contributed by atoms with Gasteiger partial charge in [0.1, 0.15) is 0 Å². The Morgan fingerprint density at radius 2 is 2.11 bits per heavy atom. The minimum Gasteiger partial charge on any atom is -0.395 e. The van der Waals surface area contributed by atoms with Gasteiger partial charge in [-0.3, -0.25) is 0 Å². The van der Waals surface area contributed by atoms with Gasteiger partial charge in [0, 0.05) is 31.4 Å². The summed E-state index contributed by atoms with van der Waals surface area (Å²) in [5.74, 6) is 0. The van der Waals surface area contributed by atoms with Crippen LogP contribution in [0.2, 0.25) is 0 Å². The van der Waals surface area contributed by atoms with Crippen LogP contribution in [-0.2, 0) is 0 Å². The normalized spacial score (nSPS) is 16.4. The molecule has 1 aliphatic carbocycles. The average Bonchev–Trinajstić information content (AvgIpc) is 3.18. The Morgan fingerprint density at radius 1 is 1.37 bits per heavy atom. The van der Waals surface area contributed by atoms with E-state index in [2.05, 4.69) is 49.3 Å². The Morgan fingerprint density at radius 3 is 2.68 bits per heavy atom. The van der Waals surface area contributed by atoms with Crippen LogP contribution in [0.3, 0.4) is 0 Å². The molecule has 1 atom stereocenters. The monoisotopic (exact) mass is 262 g/mol. The number of hydrogen-bond donors (Lipinski definition) is 2. The minimum absolute atomic E-state index is 0.233. The summed E-state index contributed by atoms with van der Waals surface area (Å²) in [6.45, 7) is 5.48. The molecule has 0 amide bonds. The van der Waals surface area contributed by atoms with Crippen molar-refractivity contribution in [1.82, 2.24) is 5.32 Å². The second kappa shape index (κ2) is 6.40. The van der Waals surface area contributed by atoms with Gasteiger partial charge in [-0.15, -0.1) is 0 Å². The molecule has 0 bridgehead atoms. The molecule has 0 spiro atoms. The highest BCUT2D eigenvalue weighted by atomic mass is 16.3. The summed E-state index contributed by atoms with van der Waals surface area (Å²) in [6.07, 6.45) is 3.52.